The van der Waals surface area contributed by atoms with Crippen molar-refractivity contribution in [2.75, 3.05) is 5.73 Å². The normalized spacial score (nSPS) is 10.9. The van der Waals surface area contributed by atoms with Gasteiger partial charge in [-0.3, -0.25) is 0 Å². The van der Waals surface area contributed by atoms with Crippen LogP contribution in [0.2, 0.25) is 0 Å². The maximum absolute atomic E-state index is 13.4. The Labute approximate surface area is 107 Å². The van der Waals surface area contributed by atoms with Crippen LogP contribution in [-0.4, -0.2) is 0 Å². The highest BCUT2D eigenvalue weighted by Crippen LogP contribution is 2.23. The van der Waals surface area contributed by atoms with Crippen molar-refractivity contribution < 1.29 is 4.39 Å². The monoisotopic (exact) mass is 243 g/mol. The molecule has 0 saturated heterocycles. The molecule has 2 aromatic carbocycles. The molecule has 0 amide bonds. The van der Waals surface area contributed by atoms with Gasteiger partial charge >= 0.3 is 0 Å². The Morgan fingerprint density at radius 3 is 2.17 bits per heavy atom. The Balaban J connectivity index is 2.25. The highest BCUT2D eigenvalue weighted by atomic mass is 19.1. The van der Waals surface area contributed by atoms with E-state index in [1.54, 1.807) is 6.07 Å². The quantitative estimate of drug-likeness (QED) is 0.800. The molecule has 2 aromatic rings. The average molecular weight is 243 g/mol. The first-order valence-electron chi connectivity index (χ1n) is 6.20. The third-order valence-electron chi connectivity index (χ3n) is 2.93. The number of halogens is 1. The molecule has 0 spiro atoms. The maximum atomic E-state index is 13.4. The number of hydrogen-bond donors (Lipinski definition) is 1. The zero-order valence-corrected chi connectivity index (χ0v) is 10.8. The predicted molar refractivity (Wildman–Crippen MR) is 74.8 cm³/mol. The lowest BCUT2D eigenvalue weighted by atomic mass is 9.99. The molecule has 2 heteroatoms. The predicted octanol–water partition coefficient (Wildman–Crippen LogP) is 4.27. The number of hydrogen-bond acceptors (Lipinski definition) is 1. The number of anilines is 1. The summed E-state index contributed by atoms with van der Waals surface area (Å²) in [5.74, 6) is 0.281. The van der Waals surface area contributed by atoms with Crippen LogP contribution >= 0.6 is 0 Å². The minimum atomic E-state index is -0.362. The van der Waals surface area contributed by atoms with E-state index in [2.05, 4.69) is 26.0 Å². The van der Waals surface area contributed by atoms with Gasteiger partial charge in [0, 0.05) is 0 Å². The summed E-state index contributed by atoms with van der Waals surface area (Å²) in [7, 11) is 0. The molecular weight excluding hydrogens is 225 g/mol. The fourth-order valence-corrected chi connectivity index (χ4v) is 2.01. The van der Waals surface area contributed by atoms with Gasteiger partial charge < -0.3 is 5.73 Å². The van der Waals surface area contributed by atoms with Crippen LogP contribution in [0.1, 0.15) is 19.4 Å². The van der Waals surface area contributed by atoms with Gasteiger partial charge in [0.2, 0.25) is 0 Å². The summed E-state index contributed by atoms with van der Waals surface area (Å²) in [6.07, 6.45) is 1.07. The fraction of sp³-hybridized carbons (Fsp3) is 0.250. The molecular formula is C16H18FN. The minimum Gasteiger partial charge on any atom is -0.396 e. The Morgan fingerprint density at radius 1 is 1.00 bits per heavy atom. The summed E-state index contributed by atoms with van der Waals surface area (Å²) in [4.78, 5) is 0. The second-order valence-electron chi connectivity index (χ2n) is 5.03. The molecule has 0 aliphatic rings. The standard InChI is InChI=1S/C16H18FN/c1-11(2)9-12-3-5-13(6-4-12)14-7-8-16(18)15(17)10-14/h3-8,10-11H,9,18H2,1-2H3. The first-order valence-corrected chi connectivity index (χ1v) is 6.20. The van der Waals surface area contributed by atoms with Crippen LogP contribution in [0.3, 0.4) is 0 Å². The van der Waals surface area contributed by atoms with Crippen LogP contribution in [0.15, 0.2) is 42.5 Å². The highest BCUT2D eigenvalue weighted by molar-refractivity contribution is 5.66. The van der Waals surface area contributed by atoms with E-state index in [1.165, 1.54) is 11.6 Å². The van der Waals surface area contributed by atoms with E-state index in [-0.39, 0.29) is 11.5 Å². The van der Waals surface area contributed by atoms with Crippen LogP contribution < -0.4 is 5.73 Å². The molecule has 0 bridgehead atoms. The summed E-state index contributed by atoms with van der Waals surface area (Å²) in [5, 5.41) is 0. The molecule has 0 atom stereocenters. The van der Waals surface area contributed by atoms with E-state index >= 15 is 0 Å². The van der Waals surface area contributed by atoms with Gasteiger partial charge in [-0.25, -0.2) is 4.39 Å². The highest BCUT2D eigenvalue weighted by Gasteiger charge is 2.03. The molecule has 0 heterocycles. The van der Waals surface area contributed by atoms with Crippen molar-refractivity contribution in [2.45, 2.75) is 20.3 Å². The second kappa shape index (κ2) is 5.21. The summed E-state index contributed by atoms with van der Waals surface area (Å²) in [6.45, 7) is 4.40. The van der Waals surface area contributed by atoms with Crippen molar-refractivity contribution in [3.05, 3.63) is 53.8 Å². The van der Waals surface area contributed by atoms with Gasteiger partial charge in [0.05, 0.1) is 5.69 Å². The van der Waals surface area contributed by atoms with Crippen LogP contribution in [-0.2, 0) is 6.42 Å². The smallest absolute Gasteiger partial charge is 0.146 e. The Bertz CT molecular complexity index is 529. The summed E-state index contributed by atoms with van der Waals surface area (Å²) >= 11 is 0. The van der Waals surface area contributed by atoms with E-state index in [4.69, 9.17) is 5.73 Å². The van der Waals surface area contributed by atoms with Crippen LogP contribution in [0.25, 0.3) is 11.1 Å². The zero-order valence-electron chi connectivity index (χ0n) is 10.8. The van der Waals surface area contributed by atoms with Gasteiger partial charge in [0.25, 0.3) is 0 Å². The molecule has 0 unspecified atom stereocenters. The number of nitrogens with two attached hydrogens (primary N) is 1. The second-order valence-corrected chi connectivity index (χ2v) is 5.03. The number of benzene rings is 2. The van der Waals surface area contributed by atoms with E-state index in [1.807, 2.05) is 18.2 Å². The van der Waals surface area contributed by atoms with Crippen molar-refractivity contribution in [3.8, 4) is 11.1 Å². The van der Waals surface area contributed by atoms with Crippen molar-refractivity contribution >= 4 is 5.69 Å². The Morgan fingerprint density at radius 2 is 1.61 bits per heavy atom. The van der Waals surface area contributed by atoms with E-state index in [9.17, 15) is 4.39 Å². The molecule has 0 saturated carbocycles. The lowest BCUT2D eigenvalue weighted by molar-refractivity contribution is 0.633. The van der Waals surface area contributed by atoms with Gasteiger partial charge in [0.15, 0.2) is 0 Å². The topological polar surface area (TPSA) is 26.0 Å². The van der Waals surface area contributed by atoms with E-state index < -0.39 is 0 Å². The molecule has 0 aromatic heterocycles. The molecule has 1 nitrogen and oxygen atoms in total. The molecule has 18 heavy (non-hydrogen) atoms. The molecule has 0 radical (unpaired) electrons. The lowest BCUT2D eigenvalue weighted by Crippen LogP contribution is -1.94. The van der Waals surface area contributed by atoms with Crippen molar-refractivity contribution in [1.82, 2.24) is 0 Å². The number of rotatable bonds is 3. The molecule has 0 aliphatic heterocycles. The molecule has 0 fully saturated rings. The van der Waals surface area contributed by atoms with Crippen LogP contribution in [0.4, 0.5) is 10.1 Å². The first kappa shape index (κ1) is 12.6. The number of nitrogen functional groups attached to an aromatic ring is 1. The largest absolute Gasteiger partial charge is 0.396 e. The fourth-order valence-electron chi connectivity index (χ4n) is 2.01. The SMILES string of the molecule is CC(C)Cc1ccc(-c2ccc(N)c(F)c2)cc1. The average Bonchev–Trinajstić information content (AvgIpc) is 2.33. The zero-order chi connectivity index (χ0) is 13.1. The Hall–Kier alpha value is -1.83. The maximum Gasteiger partial charge on any atom is 0.146 e. The summed E-state index contributed by atoms with van der Waals surface area (Å²) < 4.78 is 13.4. The lowest BCUT2D eigenvalue weighted by Gasteiger charge is -2.07. The third-order valence-corrected chi connectivity index (χ3v) is 2.93. The van der Waals surface area contributed by atoms with Gasteiger partial charge in [-0.15, -0.1) is 0 Å². The summed E-state index contributed by atoms with van der Waals surface area (Å²) in [6, 6.07) is 13.2. The van der Waals surface area contributed by atoms with Crippen LogP contribution in [0.5, 0.6) is 0 Å². The van der Waals surface area contributed by atoms with Gasteiger partial charge in [-0.05, 0) is 41.2 Å². The van der Waals surface area contributed by atoms with Gasteiger partial charge in [0.1, 0.15) is 5.82 Å². The van der Waals surface area contributed by atoms with E-state index in [0.717, 1.165) is 17.5 Å². The van der Waals surface area contributed by atoms with Crippen molar-refractivity contribution in [3.63, 3.8) is 0 Å². The van der Waals surface area contributed by atoms with Gasteiger partial charge in [-0.2, -0.15) is 0 Å². The van der Waals surface area contributed by atoms with E-state index in [0.29, 0.717) is 5.92 Å². The van der Waals surface area contributed by atoms with Crippen molar-refractivity contribution in [2.24, 2.45) is 5.92 Å². The van der Waals surface area contributed by atoms with Crippen LogP contribution in [0, 0.1) is 11.7 Å². The minimum absolute atomic E-state index is 0.190. The molecule has 2 N–H and O–H groups in total. The molecule has 0 aliphatic carbocycles. The molecule has 2 rings (SSSR count). The summed E-state index contributed by atoms with van der Waals surface area (Å²) in [5.41, 5.74) is 8.84. The third kappa shape index (κ3) is 2.89. The first-order chi connectivity index (χ1) is 8.56. The van der Waals surface area contributed by atoms with Gasteiger partial charge in [-0.1, -0.05) is 44.2 Å². The Kier molecular flexibility index (Phi) is 3.66. The molecule has 94 valence electrons. The van der Waals surface area contributed by atoms with Crippen molar-refractivity contribution in [1.29, 1.82) is 0 Å².